The second-order valence-electron chi connectivity index (χ2n) is 7.18. The fraction of sp³-hybridized carbons (Fsp3) is 0.611. The Bertz CT molecular complexity index is 502. The summed E-state index contributed by atoms with van der Waals surface area (Å²) in [6, 6.07) is 8.35. The molecule has 0 spiro atoms. The molecule has 0 aliphatic carbocycles. The molecule has 1 saturated heterocycles. The number of aryl methyl sites for hydroxylation is 1. The lowest BCUT2D eigenvalue weighted by atomic mass is 9.82. The Morgan fingerprint density at radius 2 is 2.23 bits per heavy atom. The van der Waals surface area contributed by atoms with Crippen LogP contribution in [-0.4, -0.2) is 31.7 Å². The Labute approximate surface area is 133 Å². The molecule has 1 aromatic rings. The van der Waals surface area contributed by atoms with Gasteiger partial charge in [0.2, 0.25) is 5.91 Å². The zero-order chi connectivity index (χ0) is 16.2. The van der Waals surface area contributed by atoms with E-state index >= 15 is 0 Å². The first kappa shape index (κ1) is 17.0. The number of amides is 1. The average molecular weight is 304 g/mol. The van der Waals surface area contributed by atoms with Gasteiger partial charge in [0.1, 0.15) is 0 Å². The molecule has 4 heteroatoms. The molecule has 0 unspecified atom stereocenters. The van der Waals surface area contributed by atoms with E-state index in [1.54, 1.807) is 0 Å². The van der Waals surface area contributed by atoms with Gasteiger partial charge in [-0.2, -0.15) is 0 Å². The van der Waals surface area contributed by atoms with Crippen LogP contribution >= 0.6 is 0 Å². The van der Waals surface area contributed by atoms with E-state index in [1.807, 2.05) is 6.07 Å². The van der Waals surface area contributed by atoms with E-state index in [0.29, 0.717) is 13.0 Å². The SMILES string of the molecule is Cc1cccc([C@H](NC(=O)C[C@@H]2CNCCO2)C(C)(C)C)c1. The molecular formula is C18H28N2O2. The van der Waals surface area contributed by atoms with Crippen LogP contribution < -0.4 is 10.6 Å². The van der Waals surface area contributed by atoms with Gasteiger partial charge in [0.05, 0.1) is 25.2 Å². The molecule has 1 aliphatic rings. The summed E-state index contributed by atoms with van der Waals surface area (Å²) in [5.41, 5.74) is 2.32. The highest BCUT2D eigenvalue weighted by Crippen LogP contribution is 2.33. The minimum absolute atomic E-state index is 0.00329. The summed E-state index contributed by atoms with van der Waals surface area (Å²) in [5.74, 6) is 0.0510. The average Bonchev–Trinajstić information content (AvgIpc) is 2.44. The number of carbonyl (C=O) groups excluding carboxylic acids is 1. The zero-order valence-electron chi connectivity index (χ0n) is 14.1. The third kappa shape index (κ3) is 4.82. The van der Waals surface area contributed by atoms with Gasteiger partial charge in [-0.3, -0.25) is 4.79 Å². The molecule has 0 aromatic heterocycles. The van der Waals surface area contributed by atoms with Gasteiger partial charge < -0.3 is 15.4 Å². The Hall–Kier alpha value is -1.39. The van der Waals surface area contributed by atoms with Crippen LogP contribution in [0.15, 0.2) is 24.3 Å². The van der Waals surface area contributed by atoms with Gasteiger partial charge in [0.15, 0.2) is 0 Å². The molecular weight excluding hydrogens is 276 g/mol. The van der Waals surface area contributed by atoms with Crippen molar-refractivity contribution in [3.63, 3.8) is 0 Å². The summed E-state index contributed by atoms with van der Waals surface area (Å²) in [6.45, 7) is 10.8. The second kappa shape index (κ2) is 7.25. The fourth-order valence-electron chi connectivity index (χ4n) is 2.83. The first-order valence-corrected chi connectivity index (χ1v) is 8.04. The summed E-state index contributed by atoms with van der Waals surface area (Å²) in [5, 5.41) is 6.46. The minimum atomic E-state index is -0.0465. The number of carbonyl (C=O) groups is 1. The predicted octanol–water partition coefficient (Wildman–Crippen LogP) is 2.58. The van der Waals surface area contributed by atoms with E-state index in [2.05, 4.69) is 56.5 Å². The Balaban J connectivity index is 2.05. The summed E-state index contributed by atoms with van der Waals surface area (Å²) in [7, 11) is 0. The normalized spacial score (nSPS) is 20.5. The Morgan fingerprint density at radius 1 is 1.45 bits per heavy atom. The first-order valence-electron chi connectivity index (χ1n) is 8.04. The van der Waals surface area contributed by atoms with Crippen molar-refractivity contribution in [3.05, 3.63) is 35.4 Å². The van der Waals surface area contributed by atoms with E-state index in [1.165, 1.54) is 5.56 Å². The van der Waals surface area contributed by atoms with Crippen molar-refractivity contribution in [2.45, 2.75) is 46.3 Å². The molecule has 22 heavy (non-hydrogen) atoms. The first-order chi connectivity index (χ1) is 10.4. The van der Waals surface area contributed by atoms with Gasteiger partial charge in [-0.25, -0.2) is 0 Å². The number of hydrogen-bond acceptors (Lipinski definition) is 3. The molecule has 2 rings (SSSR count). The Kier molecular flexibility index (Phi) is 5.59. The molecule has 1 aromatic carbocycles. The van der Waals surface area contributed by atoms with Gasteiger partial charge in [-0.05, 0) is 17.9 Å². The van der Waals surface area contributed by atoms with Crippen molar-refractivity contribution in [3.8, 4) is 0 Å². The molecule has 1 aliphatic heterocycles. The maximum atomic E-state index is 12.4. The second-order valence-corrected chi connectivity index (χ2v) is 7.18. The lowest BCUT2D eigenvalue weighted by Crippen LogP contribution is -2.43. The van der Waals surface area contributed by atoms with Crippen LogP contribution in [-0.2, 0) is 9.53 Å². The van der Waals surface area contributed by atoms with E-state index < -0.39 is 0 Å². The number of morpholine rings is 1. The number of benzene rings is 1. The smallest absolute Gasteiger partial charge is 0.223 e. The predicted molar refractivity (Wildman–Crippen MR) is 88.7 cm³/mol. The fourth-order valence-corrected chi connectivity index (χ4v) is 2.83. The number of hydrogen-bond donors (Lipinski definition) is 2. The van der Waals surface area contributed by atoms with E-state index in [0.717, 1.165) is 18.7 Å². The van der Waals surface area contributed by atoms with Crippen molar-refractivity contribution in [1.82, 2.24) is 10.6 Å². The molecule has 4 nitrogen and oxygen atoms in total. The topological polar surface area (TPSA) is 50.4 Å². The molecule has 1 fully saturated rings. The highest BCUT2D eigenvalue weighted by atomic mass is 16.5. The van der Waals surface area contributed by atoms with Crippen LogP contribution in [0.4, 0.5) is 0 Å². The minimum Gasteiger partial charge on any atom is -0.375 e. The highest BCUT2D eigenvalue weighted by Gasteiger charge is 2.29. The van der Waals surface area contributed by atoms with Gasteiger partial charge >= 0.3 is 0 Å². The Morgan fingerprint density at radius 3 is 2.82 bits per heavy atom. The lowest BCUT2D eigenvalue weighted by molar-refractivity contribution is -0.126. The van der Waals surface area contributed by atoms with Crippen molar-refractivity contribution in [2.24, 2.45) is 5.41 Å². The van der Waals surface area contributed by atoms with Crippen LogP contribution in [0.2, 0.25) is 0 Å². The third-order valence-electron chi connectivity index (χ3n) is 3.96. The molecule has 2 atom stereocenters. The highest BCUT2D eigenvalue weighted by molar-refractivity contribution is 5.77. The lowest BCUT2D eigenvalue weighted by Gasteiger charge is -2.33. The van der Waals surface area contributed by atoms with Gasteiger partial charge in [0, 0.05) is 13.1 Å². The van der Waals surface area contributed by atoms with Crippen LogP contribution in [0.3, 0.4) is 0 Å². The van der Waals surface area contributed by atoms with Crippen molar-refractivity contribution in [1.29, 1.82) is 0 Å². The molecule has 122 valence electrons. The monoisotopic (exact) mass is 304 g/mol. The quantitative estimate of drug-likeness (QED) is 0.899. The molecule has 2 N–H and O–H groups in total. The summed E-state index contributed by atoms with van der Waals surface area (Å²) in [6.07, 6.45) is 0.387. The molecule has 1 amide bonds. The maximum Gasteiger partial charge on any atom is 0.223 e. The number of ether oxygens (including phenoxy) is 1. The van der Waals surface area contributed by atoms with E-state index in [9.17, 15) is 4.79 Å². The maximum absolute atomic E-state index is 12.4. The van der Waals surface area contributed by atoms with Crippen molar-refractivity contribution < 1.29 is 9.53 Å². The van der Waals surface area contributed by atoms with Crippen molar-refractivity contribution in [2.75, 3.05) is 19.7 Å². The third-order valence-corrected chi connectivity index (χ3v) is 3.96. The summed E-state index contributed by atoms with van der Waals surface area (Å²) in [4.78, 5) is 12.4. The molecule has 0 bridgehead atoms. The van der Waals surface area contributed by atoms with Crippen LogP contribution in [0.25, 0.3) is 0 Å². The largest absolute Gasteiger partial charge is 0.375 e. The van der Waals surface area contributed by atoms with E-state index in [4.69, 9.17) is 4.74 Å². The molecule has 0 saturated carbocycles. The van der Waals surface area contributed by atoms with Gasteiger partial charge in [0.25, 0.3) is 0 Å². The van der Waals surface area contributed by atoms with Gasteiger partial charge in [-0.1, -0.05) is 50.6 Å². The summed E-state index contributed by atoms with van der Waals surface area (Å²) < 4.78 is 5.62. The van der Waals surface area contributed by atoms with Crippen LogP contribution in [0, 0.1) is 12.3 Å². The van der Waals surface area contributed by atoms with Gasteiger partial charge in [-0.15, -0.1) is 0 Å². The van der Waals surface area contributed by atoms with Crippen LogP contribution in [0.1, 0.15) is 44.4 Å². The van der Waals surface area contributed by atoms with Crippen molar-refractivity contribution >= 4 is 5.91 Å². The van der Waals surface area contributed by atoms with Crippen LogP contribution in [0.5, 0.6) is 0 Å². The van der Waals surface area contributed by atoms with E-state index in [-0.39, 0.29) is 23.5 Å². The standard InChI is InChI=1S/C18H28N2O2/c1-13-6-5-7-14(10-13)17(18(2,3)4)20-16(21)11-15-12-19-8-9-22-15/h5-7,10,15,17,19H,8-9,11-12H2,1-4H3,(H,20,21)/t15-,17+/m1/s1. The number of nitrogens with one attached hydrogen (secondary N) is 2. The number of rotatable bonds is 4. The zero-order valence-corrected chi connectivity index (χ0v) is 14.1. The summed E-state index contributed by atoms with van der Waals surface area (Å²) >= 11 is 0. The molecule has 1 heterocycles. The molecule has 0 radical (unpaired) electrons.